The molecule has 1 atom stereocenters. The Balaban J connectivity index is 1.69. The van der Waals surface area contributed by atoms with Crippen molar-refractivity contribution in [1.29, 1.82) is 0 Å². The van der Waals surface area contributed by atoms with Crippen LogP contribution in [0, 0.1) is 0 Å². The van der Waals surface area contributed by atoms with Crippen LogP contribution in [0.25, 0.3) is 0 Å². The molecule has 19 heavy (non-hydrogen) atoms. The SMILES string of the molecule is Oc1ccc(CC[C@@H]2CCNc3ccccc32)cc1. The van der Waals surface area contributed by atoms with E-state index in [0.717, 1.165) is 13.0 Å². The zero-order valence-electron chi connectivity index (χ0n) is 11.0. The molecule has 2 nitrogen and oxygen atoms in total. The van der Waals surface area contributed by atoms with E-state index >= 15 is 0 Å². The van der Waals surface area contributed by atoms with Gasteiger partial charge in [0.05, 0.1) is 0 Å². The third kappa shape index (κ3) is 2.73. The molecule has 1 aliphatic heterocycles. The Kier molecular flexibility index (Phi) is 3.41. The van der Waals surface area contributed by atoms with Crippen molar-refractivity contribution >= 4 is 5.69 Å². The fraction of sp³-hybridized carbons (Fsp3) is 0.294. The Labute approximate surface area is 114 Å². The predicted octanol–water partition coefficient (Wildman–Crippen LogP) is 3.92. The van der Waals surface area contributed by atoms with Crippen LogP contribution in [0.2, 0.25) is 0 Å². The van der Waals surface area contributed by atoms with Gasteiger partial charge < -0.3 is 10.4 Å². The number of para-hydroxylation sites is 1. The summed E-state index contributed by atoms with van der Waals surface area (Å²) in [6.07, 6.45) is 3.44. The van der Waals surface area contributed by atoms with Gasteiger partial charge >= 0.3 is 0 Å². The Morgan fingerprint density at radius 3 is 2.68 bits per heavy atom. The number of nitrogens with one attached hydrogen (secondary N) is 1. The molecule has 0 aliphatic carbocycles. The summed E-state index contributed by atoms with van der Waals surface area (Å²) < 4.78 is 0. The second-order valence-corrected chi connectivity index (χ2v) is 5.20. The maximum Gasteiger partial charge on any atom is 0.115 e. The molecule has 0 bridgehead atoms. The van der Waals surface area contributed by atoms with Gasteiger partial charge in [-0.3, -0.25) is 0 Å². The lowest BCUT2D eigenvalue weighted by Gasteiger charge is -2.26. The van der Waals surface area contributed by atoms with E-state index in [-0.39, 0.29) is 0 Å². The topological polar surface area (TPSA) is 32.3 Å². The Bertz CT molecular complexity index is 547. The highest BCUT2D eigenvalue weighted by atomic mass is 16.3. The van der Waals surface area contributed by atoms with E-state index in [1.807, 2.05) is 12.1 Å². The molecule has 0 unspecified atom stereocenters. The van der Waals surface area contributed by atoms with Crippen molar-refractivity contribution in [3.63, 3.8) is 0 Å². The number of benzene rings is 2. The van der Waals surface area contributed by atoms with Gasteiger partial charge in [0.2, 0.25) is 0 Å². The molecule has 0 spiro atoms. The molecule has 0 saturated carbocycles. The van der Waals surface area contributed by atoms with Crippen molar-refractivity contribution < 1.29 is 5.11 Å². The van der Waals surface area contributed by atoms with Crippen LogP contribution >= 0.6 is 0 Å². The van der Waals surface area contributed by atoms with E-state index in [9.17, 15) is 5.11 Å². The number of anilines is 1. The van der Waals surface area contributed by atoms with Crippen molar-refractivity contribution in [2.24, 2.45) is 0 Å². The van der Waals surface area contributed by atoms with Crippen LogP contribution in [0.15, 0.2) is 48.5 Å². The molecule has 1 aliphatic rings. The molecular weight excluding hydrogens is 234 g/mol. The molecule has 1 heterocycles. The van der Waals surface area contributed by atoms with Gasteiger partial charge in [0.15, 0.2) is 0 Å². The molecule has 0 amide bonds. The van der Waals surface area contributed by atoms with Crippen LogP contribution in [0.5, 0.6) is 5.75 Å². The number of phenolic OH excluding ortho intramolecular Hbond substituents is 1. The second kappa shape index (κ2) is 5.35. The van der Waals surface area contributed by atoms with E-state index in [4.69, 9.17) is 0 Å². The van der Waals surface area contributed by atoms with Gasteiger partial charge in [-0.1, -0.05) is 30.3 Å². The molecule has 0 radical (unpaired) electrons. The summed E-state index contributed by atoms with van der Waals surface area (Å²) in [7, 11) is 0. The average Bonchev–Trinajstić information content (AvgIpc) is 2.47. The number of hydrogen-bond donors (Lipinski definition) is 2. The zero-order valence-corrected chi connectivity index (χ0v) is 11.0. The molecule has 3 rings (SSSR count). The van der Waals surface area contributed by atoms with Gasteiger partial charge in [-0.05, 0) is 54.5 Å². The van der Waals surface area contributed by atoms with E-state index < -0.39 is 0 Å². The molecule has 98 valence electrons. The lowest BCUT2D eigenvalue weighted by Crippen LogP contribution is -2.17. The monoisotopic (exact) mass is 253 g/mol. The van der Waals surface area contributed by atoms with Crippen LogP contribution < -0.4 is 5.32 Å². The van der Waals surface area contributed by atoms with E-state index in [1.165, 1.54) is 29.7 Å². The van der Waals surface area contributed by atoms with Gasteiger partial charge in [0, 0.05) is 12.2 Å². The number of rotatable bonds is 3. The van der Waals surface area contributed by atoms with Crippen molar-refractivity contribution in [3.8, 4) is 5.75 Å². The van der Waals surface area contributed by atoms with Crippen LogP contribution in [0.1, 0.15) is 29.9 Å². The largest absolute Gasteiger partial charge is 0.508 e. The molecule has 2 heteroatoms. The lowest BCUT2D eigenvalue weighted by atomic mass is 9.86. The zero-order chi connectivity index (χ0) is 13.1. The van der Waals surface area contributed by atoms with Crippen molar-refractivity contribution in [3.05, 3.63) is 59.7 Å². The Hall–Kier alpha value is -1.96. The molecular formula is C17H19NO. The molecule has 2 aromatic carbocycles. The maximum atomic E-state index is 9.30. The quantitative estimate of drug-likeness (QED) is 0.868. The van der Waals surface area contributed by atoms with Crippen molar-refractivity contribution in [2.45, 2.75) is 25.2 Å². The lowest BCUT2D eigenvalue weighted by molar-refractivity contribution is 0.475. The summed E-state index contributed by atoms with van der Waals surface area (Å²) in [6.45, 7) is 1.07. The highest BCUT2D eigenvalue weighted by Gasteiger charge is 2.18. The fourth-order valence-electron chi connectivity index (χ4n) is 2.85. The summed E-state index contributed by atoms with van der Waals surface area (Å²) in [6, 6.07) is 16.2. The highest BCUT2D eigenvalue weighted by molar-refractivity contribution is 5.54. The number of aryl methyl sites for hydroxylation is 1. The highest BCUT2D eigenvalue weighted by Crippen LogP contribution is 2.34. The minimum absolute atomic E-state index is 0.343. The third-order valence-corrected chi connectivity index (χ3v) is 3.93. The molecule has 0 saturated heterocycles. The molecule has 2 aromatic rings. The first-order chi connectivity index (χ1) is 9.33. The first-order valence-corrected chi connectivity index (χ1v) is 6.93. The second-order valence-electron chi connectivity index (χ2n) is 5.20. The Morgan fingerprint density at radius 1 is 1.05 bits per heavy atom. The summed E-state index contributed by atoms with van der Waals surface area (Å²) in [4.78, 5) is 0. The Morgan fingerprint density at radius 2 is 1.84 bits per heavy atom. The van der Waals surface area contributed by atoms with Gasteiger partial charge in [-0.15, -0.1) is 0 Å². The average molecular weight is 253 g/mol. The first kappa shape index (κ1) is 12.1. The number of phenols is 1. The molecule has 0 fully saturated rings. The van der Waals surface area contributed by atoms with Gasteiger partial charge in [0.25, 0.3) is 0 Å². The normalized spacial score (nSPS) is 17.6. The number of hydrogen-bond acceptors (Lipinski definition) is 2. The van der Waals surface area contributed by atoms with Crippen molar-refractivity contribution in [2.75, 3.05) is 11.9 Å². The number of fused-ring (bicyclic) bond motifs is 1. The standard InChI is InChI=1S/C17H19NO/c19-15-9-6-13(7-10-15)5-8-14-11-12-18-17-4-2-1-3-16(14)17/h1-4,6-7,9-10,14,18-19H,5,8,11-12H2/t14-/m1/s1. The van der Waals surface area contributed by atoms with Crippen LogP contribution in [0.3, 0.4) is 0 Å². The summed E-state index contributed by atoms with van der Waals surface area (Å²) in [5.41, 5.74) is 4.05. The smallest absolute Gasteiger partial charge is 0.115 e. The summed E-state index contributed by atoms with van der Waals surface area (Å²) in [5.74, 6) is 0.988. The minimum Gasteiger partial charge on any atom is -0.508 e. The molecule has 2 N–H and O–H groups in total. The van der Waals surface area contributed by atoms with Crippen LogP contribution in [0.4, 0.5) is 5.69 Å². The summed E-state index contributed by atoms with van der Waals surface area (Å²) in [5, 5.41) is 12.8. The maximum absolute atomic E-state index is 9.30. The predicted molar refractivity (Wildman–Crippen MR) is 78.7 cm³/mol. The van der Waals surface area contributed by atoms with Gasteiger partial charge in [0.1, 0.15) is 5.75 Å². The van der Waals surface area contributed by atoms with E-state index in [1.54, 1.807) is 12.1 Å². The third-order valence-electron chi connectivity index (χ3n) is 3.93. The minimum atomic E-state index is 0.343. The number of aromatic hydroxyl groups is 1. The first-order valence-electron chi connectivity index (χ1n) is 6.93. The van der Waals surface area contributed by atoms with E-state index in [0.29, 0.717) is 11.7 Å². The fourth-order valence-corrected chi connectivity index (χ4v) is 2.85. The molecule has 0 aromatic heterocycles. The van der Waals surface area contributed by atoms with Crippen LogP contribution in [-0.4, -0.2) is 11.7 Å². The summed E-state index contributed by atoms with van der Waals surface area (Å²) >= 11 is 0. The van der Waals surface area contributed by atoms with Crippen LogP contribution in [-0.2, 0) is 6.42 Å². The van der Waals surface area contributed by atoms with Crippen molar-refractivity contribution in [1.82, 2.24) is 0 Å². The van der Waals surface area contributed by atoms with Gasteiger partial charge in [-0.2, -0.15) is 0 Å². The van der Waals surface area contributed by atoms with Gasteiger partial charge in [-0.25, -0.2) is 0 Å². The van der Waals surface area contributed by atoms with E-state index in [2.05, 4.69) is 29.6 Å².